The zero-order valence-corrected chi connectivity index (χ0v) is 8.56. The fraction of sp³-hybridized carbons (Fsp3) is 0.200. The Balaban J connectivity index is 0.000000218. The fourth-order valence-electron chi connectivity index (χ4n) is 0.415. The van der Waals surface area contributed by atoms with Crippen LogP contribution in [0.5, 0.6) is 0 Å². The maximum atomic E-state index is 3.56. The molecule has 0 saturated heterocycles. The largest absolute Gasteiger partial charge is 0.100 e. The van der Waals surface area contributed by atoms with Gasteiger partial charge < -0.3 is 0 Å². The highest BCUT2D eigenvalue weighted by Gasteiger charge is 1.74. The highest BCUT2D eigenvalue weighted by Crippen LogP contribution is 2.05. The molecule has 1 heteroatoms. The Kier molecular flexibility index (Phi) is 5.86. The van der Waals surface area contributed by atoms with Gasteiger partial charge in [-0.3, -0.25) is 0 Å². The molecule has 0 N–H and O–H groups in total. The van der Waals surface area contributed by atoms with Crippen molar-refractivity contribution in [3.05, 3.63) is 47.0 Å². The summed E-state index contributed by atoms with van der Waals surface area (Å²) in [5.41, 5.74) is 1.17. The summed E-state index contributed by atoms with van der Waals surface area (Å²) in [6, 6.07) is 9.97. The third-order valence-electron chi connectivity index (χ3n) is 0.733. The van der Waals surface area contributed by atoms with E-state index in [2.05, 4.69) is 22.5 Å². The van der Waals surface area contributed by atoms with Gasteiger partial charge in [-0.2, -0.15) is 0 Å². The summed E-state index contributed by atoms with van der Waals surface area (Å²) in [6.45, 7) is 7.50. The lowest BCUT2D eigenvalue weighted by molar-refractivity contribution is 1.42. The highest BCUT2D eigenvalue weighted by atomic mass is 79.9. The van der Waals surface area contributed by atoms with Crippen LogP contribution in [-0.2, 0) is 0 Å². The summed E-state index contributed by atoms with van der Waals surface area (Å²) < 4.78 is 1.13. The minimum atomic E-state index is 1.13. The van der Waals surface area contributed by atoms with E-state index >= 15 is 0 Å². The molecule has 0 aliphatic carbocycles. The van der Waals surface area contributed by atoms with Gasteiger partial charge >= 0.3 is 0 Å². The molecule has 0 spiro atoms. The molecular weight excluding hydrogens is 200 g/mol. The first-order valence-electron chi connectivity index (χ1n) is 3.45. The SMILES string of the molecule is Brc1ccccc1.C=C(C)C. The maximum Gasteiger partial charge on any atom is 0.0175 e. The predicted octanol–water partition coefficient (Wildman–Crippen LogP) is 4.03. The summed E-state index contributed by atoms with van der Waals surface area (Å²) >= 11 is 3.31. The normalized spacial score (nSPS) is 7.91. The van der Waals surface area contributed by atoms with E-state index in [1.54, 1.807) is 0 Å². The third kappa shape index (κ3) is 9.44. The van der Waals surface area contributed by atoms with Crippen molar-refractivity contribution < 1.29 is 0 Å². The van der Waals surface area contributed by atoms with Crippen LogP contribution in [-0.4, -0.2) is 0 Å². The standard InChI is InChI=1S/C6H5Br.C4H8/c7-6-4-2-1-3-5-6;1-4(2)3/h1-5H;1H2,2-3H3. The third-order valence-corrected chi connectivity index (χ3v) is 1.26. The van der Waals surface area contributed by atoms with E-state index in [-0.39, 0.29) is 0 Å². The van der Waals surface area contributed by atoms with Gasteiger partial charge in [0.25, 0.3) is 0 Å². The Morgan fingerprint density at radius 2 is 1.55 bits per heavy atom. The molecule has 11 heavy (non-hydrogen) atoms. The smallest absolute Gasteiger partial charge is 0.0175 e. The first-order chi connectivity index (χ1) is 5.13. The molecule has 0 unspecified atom stereocenters. The zero-order chi connectivity index (χ0) is 8.69. The Labute approximate surface area is 77.1 Å². The predicted molar refractivity (Wildman–Crippen MR) is 54.6 cm³/mol. The monoisotopic (exact) mass is 212 g/mol. The maximum absolute atomic E-state index is 3.56. The van der Waals surface area contributed by atoms with Crippen molar-refractivity contribution >= 4 is 15.9 Å². The average Bonchev–Trinajstić information content (AvgIpc) is 1.87. The Bertz CT molecular complexity index is 197. The number of hydrogen-bond acceptors (Lipinski definition) is 0. The first kappa shape index (κ1) is 10.4. The topological polar surface area (TPSA) is 0 Å². The van der Waals surface area contributed by atoms with Crippen molar-refractivity contribution in [2.75, 3.05) is 0 Å². The van der Waals surface area contributed by atoms with Crippen molar-refractivity contribution in [1.29, 1.82) is 0 Å². The summed E-state index contributed by atoms with van der Waals surface area (Å²) in [5.74, 6) is 0. The first-order valence-corrected chi connectivity index (χ1v) is 4.25. The van der Waals surface area contributed by atoms with Gasteiger partial charge in [0.1, 0.15) is 0 Å². The van der Waals surface area contributed by atoms with E-state index in [1.165, 1.54) is 5.57 Å². The average molecular weight is 213 g/mol. The van der Waals surface area contributed by atoms with Crippen LogP contribution in [0.1, 0.15) is 13.8 Å². The second kappa shape index (κ2) is 6.17. The molecule has 0 aliphatic rings. The molecule has 0 aliphatic heterocycles. The lowest BCUT2D eigenvalue weighted by atomic mass is 10.4. The number of hydrogen-bond donors (Lipinski definition) is 0. The van der Waals surface area contributed by atoms with Crippen LogP contribution in [0.15, 0.2) is 47.0 Å². The van der Waals surface area contributed by atoms with Gasteiger partial charge in [-0.25, -0.2) is 0 Å². The molecule has 1 rings (SSSR count). The van der Waals surface area contributed by atoms with E-state index in [4.69, 9.17) is 0 Å². The van der Waals surface area contributed by atoms with E-state index in [0.717, 1.165) is 4.47 Å². The fourth-order valence-corrected chi connectivity index (χ4v) is 0.720. The molecule has 0 heterocycles. The van der Waals surface area contributed by atoms with E-state index in [1.807, 2.05) is 44.2 Å². The van der Waals surface area contributed by atoms with Gasteiger partial charge in [0.15, 0.2) is 0 Å². The van der Waals surface area contributed by atoms with Crippen molar-refractivity contribution in [2.24, 2.45) is 0 Å². The lowest BCUT2D eigenvalue weighted by Gasteiger charge is -1.80. The van der Waals surface area contributed by atoms with Gasteiger partial charge in [0.05, 0.1) is 0 Å². The molecule has 1 aromatic rings. The van der Waals surface area contributed by atoms with E-state index < -0.39 is 0 Å². The molecule has 1 aromatic carbocycles. The summed E-state index contributed by atoms with van der Waals surface area (Å²) in [4.78, 5) is 0. The van der Waals surface area contributed by atoms with Gasteiger partial charge in [-0.15, -0.1) is 6.58 Å². The van der Waals surface area contributed by atoms with E-state index in [9.17, 15) is 0 Å². The molecule has 0 radical (unpaired) electrons. The minimum Gasteiger partial charge on any atom is -0.100 e. The molecule has 0 nitrogen and oxygen atoms in total. The second-order valence-electron chi connectivity index (χ2n) is 2.50. The highest BCUT2D eigenvalue weighted by molar-refractivity contribution is 9.10. The van der Waals surface area contributed by atoms with Crippen LogP contribution in [0.2, 0.25) is 0 Å². The van der Waals surface area contributed by atoms with Crippen LogP contribution in [0.4, 0.5) is 0 Å². The number of halogens is 1. The quantitative estimate of drug-likeness (QED) is 0.570. The molecule has 0 amide bonds. The van der Waals surface area contributed by atoms with E-state index in [0.29, 0.717) is 0 Å². The van der Waals surface area contributed by atoms with Crippen molar-refractivity contribution in [1.82, 2.24) is 0 Å². The van der Waals surface area contributed by atoms with Gasteiger partial charge in [-0.1, -0.05) is 39.7 Å². The Hall–Kier alpha value is -0.560. The van der Waals surface area contributed by atoms with Crippen LogP contribution in [0, 0.1) is 0 Å². The molecular formula is C10H13Br. The van der Waals surface area contributed by atoms with Crippen molar-refractivity contribution in [3.63, 3.8) is 0 Å². The van der Waals surface area contributed by atoms with Crippen LogP contribution >= 0.6 is 15.9 Å². The zero-order valence-electron chi connectivity index (χ0n) is 6.97. The number of rotatable bonds is 0. The Morgan fingerprint density at radius 3 is 1.73 bits per heavy atom. The van der Waals surface area contributed by atoms with Crippen molar-refractivity contribution in [3.8, 4) is 0 Å². The molecule has 0 fully saturated rings. The molecule has 0 aromatic heterocycles. The van der Waals surface area contributed by atoms with Gasteiger partial charge in [-0.05, 0) is 26.0 Å². The summed E-state index contributed by atoms with van der Waals surface area (Å²) in [7, 11) is 0. The number of benzene rings is 1. The molecule has 0 atom stereocenters. The second-order valence-corrected chi connectivity index (χ2v) is 3.42. The molecule has 0 saturated carbocycles. The van der Waals surface area contributed by atoms with Crippen LogP contribution < -0.4 is 0 Å². The molecule has 0 bridgehead atoms. The van der Waals surface area contributed by atoms with Gasteiger partial charge in [0, 0.05) is 4.47 Å². The summed E-state index contributed by atoms with van der Waals surface area (Å²) in [6.07, 6.45) is 0. The van der Waals surface area contributed by atoms with Gasteiger partial charge in [0.2, 0.25) is 0 Å². The Morgan fingerprint density at radius 1 is 1.18 bits per heavy atom. The van der Waals surface area contributed by atoms with Crippen LogP contribution in [0.3, 0.4) is 0 Å². The summed E-state index contributed by atoms with van der Waals surface area (Å²) in [5, 5.41) is 0. The van der Waals surface area contributed by atoms with Crippen molar-refractivity contribution in [2.45, 2.75) is 13.8 Å². The number of allylic oxidation sites excluding steroid dienone is 1. The molecule has 60 valence electrons. The lowest BCUT2D eigenvalue weighted by Crippen LogP contribution is -1.55. The minimum absolute atomic E-state index is 1.13. The van der Waals surface area contributed by atoms with Crippen LogP contribution in [0.25, 0.3) is 0 Å².